The van der Waals surface area contributed by atoms with E-state index in [4.69, 9.17) is 19.4 Å². The van der Waals surface area contributed by atoms with E-state index in [9.17, 15) is 9.59 Å². The number of ether oxygens (including phenoxy) is 2. The third-order valence-corrected chi connectivity index (χ3v) is 10.4. The lowest BCUT2D eigenvalue weighted by Gasteiger charge is -2.35. The van der Waals surface area contributed by atoms with Gasteiger partial charge in [-0.15, -0.1) is 11.3 Å². The number of carbonyl (C=O) groups excluding carboxylic acids is 2. The fourth-order valence-corrected chi connectivity index (χ4v) is 7.39. The second-order valence-electron chi connectivity index (χ2n) is 12.4. The van der Waals surface area contributed by atoms with E-state index in [1.54, 1.807) is 25.5 Å². The molecule has 0 unspecified atom stereocenters. The number of hydrogen-bond donors (Lipinski definition) is 1. The molecule has 0 aromatic carbocycles. The number of alkyl carbamates (subject to hydrolysis) is 1. The van der Waals surface area contributed by atoms with Gasteiger partial charge in [-0.2, -0.15) is 0 Å². The van der Waals surface area contributed by atoms with Gasteiger partial charge in [-0.3, -0.25) is 14.7 Å². The predicted molar refractivity (Wildman–Crippen MR) is 173 cm³/mol. The first kappa shape index (κ1) is 31.9. The molecule has 3 aromatic rings. The maximum absolute atomic E-state index is 14.2. The number of nitrogens with zero attached hydrogens (tertiary/aromatic N) is 4. The first-order valence-electron chi connectivity index (χ1n) is 15.9. The molecule has 2 aliphatic carbocycles. The zero-order valence-corrected chi connectivity index (χ0v) is 27.4. The minimum atomic E-state index is -0.415. The number of thiazole rings is 1. The molecule has 0 radical (unpaired) electrons. The van der Waals surface area contributed by atoms with Crippen LogP contribution in [0.2, 0.25) is 0 Å². The van der Waals surface area contributed by atoms with E-state index in [-0.39, 0.29) is 17.9 Å². The topological polar surface area (TPSA) is 107 Å². The van der Waals surface area contributed by atoms with Crippen LogP contribution in [-0.4, -0.2) is 53.8 Å². The molecule has 0 atom stereocenters. The lowest BCUT2D eigenvalue weighted by atomic mass is 9.79. The van der Waals surface area contributed by atoms with E-state index in [1.807, 2.05) is 42.4 Å². The molecule has 5 rings (SSSR count). The summed E-state index contributed by atoms with van der Waals surface area (Å²) in [6, 6.07) is 8.16. The molecule has 0 aliphatic heterocycles. The van der Waals surface area contributed by atoms with Gasteiger partial charge < -0.3 is 14.8 Å². The van der Waals surface area contributed by atoms with Crippen molar-refractivity contribution < 1.29 is 19.1 Å². The molecule has 2 amide bonds. The van der Waals surface area contributed by atoms with Crippen molar-refractivity contribution in [3.63, 3.8) is 0 Å². The normalized spacial score (nSPS) is 22.0. The van der Waals surface area contributed by atoms with Crippen molar-refractivity contribution in [3.8, 4) is 16.2 Å². The second kappa shape index (κ2) is 14.5. The van der Waals surface area contributed by atoms with Gasteiger partial charge in [-0.1, -0.05) is 13.8 Å². The van der Waals surface area contributed by atoms with Crippen LogP contribution >= 0.6 is 11.3 Å². The van der Waals surface area contributed by atoms with E-state index >= 15 is 0 Å². The van der Waals surface area contributed by atoms with Crippen LogP contribution < -0.4 is 15.0 Å². The van der Waals surface area contributed by atoms with E-state index in [0.717, 1.165) is 58.3 Å². The third kappa shape index (κ3) is 7.57. The van der Waals surface area contributed by atoms with E-state index in [2.05, 4.69) is 30.2 Å². The fraction of sp³-hybridized carbons (Fsp3) is 0.559. The summed E-state index contributed by atoms with van der Waals surface area (Å²) in [7, 11) is 3.24. The Kier molecular flexibility index (Phi) is 10.5. The number of rotatable bonds is 9. The fourth-order valence-electron chi connectivity index (χ4n) is 6.47. The maximum Gasteiger partial charge on any atom is 0.407 e. The summed E-state index contributed by atoms with van der Waals surface area (Å²) < 4.78 is 10.9. The largest absolute Gasteiger partial charge is 0.495 e. The van der Waals surface area contributed by atoms with Crippen LogP contribution in [0.3, 0.4) is 0 Å². The zero-order chi connectivity index (χ0) is 31.2. The number of amides is 2. The summed E-state index contributed by atoms with van der Waals surface area (Å²) in [5, 5.41) is 3.62. The number of carbonyl (C=O) groups is 2. The molecule has 2 saturated carbocycles. The number of anilines is 1. The van der Waals surface area contributed by atoms with E-state index in [0.29, 0.717) is 55.8 Å². The van der Waals surface area contributed by atoms with Crippen LogP contribution in [0.1, 0.15) is 93.4 Å². The molecule has 0 bridgehead atoms. The van der Waals surface area contributed by atoms with Gasteiger partial charge >= 0.3 is 6.09 Å². The van der Waals surface area contributed by atoms with E-state index in [1.165, 1.54) is 0 Å². The van der Waals surface area contributed by atoms with E-state index < -0.39 is 6.09 Å². The number of aryl methyl sites for hydroxylation is 1. The quantitative estimate of drug-likeness (QED) is 0.269. The Bertz CT molecular complexity index is 1430. The van der Waals surface area contributed by atoms with Gasteiger partial charge in [0.1, 0.15) is 17.7 Å². The van der Waals surface area contributed by atoms with Crippen LogP contribution in [0, 0.1) is 18.8 Å². The molecular weight excluding hydrogens is 574 g/mol. The summed E-state index contributed by atoms with van der Waals surface area (Å²) in [6.45, 7) is 6.93. The van der Waals surface area contributed by atoms with Crippen molar-refractivity contribution in [1.29, 1.82) is 0 Å². The van der Waals surface area contributed by atoms with Gasteiger partial charge in [-0.05, 0) is 94.0 Å². The number of pyridine rings is 2. The summed E-state index contributed by atoms with van der Waals surface area (Å²) in [5.41, 5.74) is 3.08. The lowest BCUT2D eigenvalue weighted by molar-refractivity contribution is -0.124. The molecule has 1 N–H and O–H groups in total. The predicted octanol–water partition coefficient (Wildman–Crippen LogP) is 7.26. The molecule has 3 heterocycles. The molecule has 9 nitrogen and oxygen atoms in total. The zero-order valence-electron chi connectivity index (χ0n) is 26.5. The highest BCUT2D eigenvalue weighted by Gasteiger charge is 2.34. The lowest BCUT2D eigenvalue weighted by Crippen LogP contribution is -2.42. The Hall–Kier alpha value is -3.53. The van der Waals surface area contributed by atoms with Crippen LogP contribution in [0.4, 0.5) is 10.6 Å². The van der Waals surface area contributed by atoms with Gasteiger partial charge in [0.15, 0.2) is 0 Å². The smallest absolute Gasteiger partial charge is 0.407 e. The molecule has 44 heavy (non-hydrogen) atoms. The van der Waals surface area contributed by atoms with Crippen molar-refractivity contribution in [2.75, 3.05) is 25.6 Å². The summed E-state index contributed by atoms with van der Waals surface area (Å²) in [4.78, 5) is 43.1. The number of nitrogens with one attached hydrogen (secondary N) is 1. The molecule has 0 spiro atoms. The van der Waals surface area contributed by atoms with Crippen LogP contribution in [0.15, 0.2) is 36.7 Å². The van der Waals surface area contributed by atoms with Gasteiger partial charge in [0.2, 0.25) is 5.91 Å². The Labute approximate surface area is 264 Å². The minimum absolute atomic E-state index is 0.120. The standard InChI is InChI=1S/C34H45N5O4S/c1-21(2)32-37-19-30(44-32)26-16-17-36-31(18-26)39(33(40)25-10-12-27(13-11-25)43-34(41)35-4)20-23-6-8-24(9-7-23)28-14-15-29(42-5)22(3)38-28/h14-19,21,23-25,27H,6-13,20H2,1-5H3,(H,35,41). The summed E-state index contributed by atoms with van der Waals surface area (Å²) >= 11 is 1.69. The van der Waals surface area contributed by atoms with Crippen LogP contribution in [-0.2, 0) is 9.53 Å². The van der Waals surface area contributed by atoms with Gasteiger partial charge in [0, 0.05) is 49.4 Å². The monoisotopic (exact) mass is 619 g/mol. The number of aromatic nitrogens is 3. The SMILES string of the molecule is CNC(=O)OC1CCC(C(=O)N(CC2CCC(c3ccc(OC)c(C)n3)CC2)c2cc(-c3cnc(C(C)C)s3)ccn2)CC1. The first-order valence-corrected chi connectivity index (χ1v) is 16.7. The average molecular weight is 620 g/mol. The van der Waals surface area contributed by atoms with Crippen molar-refractivity contribution in [2.24, 2.45) is 11.8 Å². The Morgan fingerprint density at radius 3 is 2.43 bits per heavy atom. The van der Waals surface area contributed by atoms with Crippen LogP contribution in [0.25, 0.3) is 10.4 Å². The molecule has 2 fully saturated rings. The number of hydrogen-bond acceptors (Lipinski definition) is 8. The molecule has 10 heteroatoms. The molecule has 3 aromatic heterocycles. The highest BCUT2D eigenvalue weighted by molar-refractivity contribution is 7.15. The molecule has 0 saturated heterocycles. The first-order chi connectivity index (χ1) is 21.2. The highest BCUT2D eigenvalue weighted by atomic mass is 32.1. The third-order valence-electron chi connectivity index (χ3n) is 9.08. The van der Waals surface area contributed by atoms with Crippen molar-refractivity contribution in [1.82, 2.24) is 20.3 Å². The van der Waals surface area contributed by atoms with Gasteiger partial charge in [-0.25, -0.2) is 14.8 Å². The van der Waals surface area contributed by atoms with Crippen molar-refractivity contribution >= 4 is 29.2 Å². The molecule has 2 aliphatic rings. The Morgan fingerprint density at radius 1 is 1.05 bits per heavy atom. The summed E-state index contributed by atoms with van der Waals surface area (Å²) in [6.07, 6.45) is 10.1. The Balaban J connectivity index is 1.32. The van der Waals surface area contributed by atoms with Crippen LogP contribution in [0.5, 0.6) is 5.75 Å². The van der Waals surface area contributed by atoms with Gasteiger partial charge in [0.05, 0.1) is 22.7 Å². The maximum atomic E-state index is 14.2. The average Bonchev–Trinajstić information content (AvgIpc) is 3.55. The van der Waals surface area contributed by atoms with Crippen molar-refractivity contribution in [2.45, 2.75) is 90.1 Å². The second-order valence-corrected chi connectivity index (χ2v) is 13.5. The highest BCUT2D eigenvalue weighted by Crippen LogP contribution is 2.38. The molecular formula is C34H45N5O4S. The van der Waals surface area contributed by atoms with Crippen molar-refractivity contribution in [3.05, 3.63) is 53.1 Å². The number of methoxy groups -OCH3 is 1. The molecule has 236 valence electrons. The summed E-state index contributed by atoms with van der Waals surface area (Å²) in [5.74, 6) is 2.67. The van der Waals surface area contributed by atoms with Gasteiger partial charge in [0.25, 0.3) is 0 Å². The minimum Gasteiger partial charge on any atom is -0.495 e. The Morgan fingerprint density at radius 2 is 1.80 bits per heavy atom.